The van der Waals surface area contributed by atoms with Crippen LogP contribution < -0.4 is 10.5 Å². The normalized spacial score (nSPS) is 10.8. The number of nitrogens with two attached hydrogens (primary N) is 1. The molecule has 0 aromatic heterocycles. The molecule has 2 N–H and O–H groups in total. The van der Waals surface area contributed by atoms with Crippen LogP contribution in [-0.2, 0) is 0 Å². The first-order valence-electron chi connectivity index (χ1n) is 4.79. The van der Waals surface area contributed by atoms with Crippen LogP contribution in [-0.4, -0.2) is 13.7 Å². The summed E-state index contributed by atoms with van der Waals surface area (Å²) < 4.78 is 5.16. The predicted octanol–water partition coefficient (Wildman–Crippen LogP) is 2.37. The average Bonchev–Trinajstić information content (AvgIpc) is 2.21. The van der Waals surface area contributed by atoms with Crippen LogP contribution in [0.3, 0.4) is 0 Å². The van der Waals surface area contributed by atoms with Gasteiger partial charge in [-0.15, -0.1) is 0 Å². The van der Waals surface area contributed by atoms with E-state index in [4.69, 9.17) is 10.5 Å². The molecule has 1 rings (SSSR count). The standard InChI is InChI=1S/C12H17NO/c1-10-6-7-12(14-2)9-11(10)5-3-4-8-13/h3,5-7,9H,4,8,13H2,1-2H3. The molecule has 0 bridgehead atoms. The topological polar surface area (TPSA) is 35.2 Å². The van der Waals surface area contributed by atoms with E-state index < -0.39 is 0 Å². The molecule has 0 aliphatic carbocycles. The van der Waals surface area contributed by atoms with Crippen LogP contribution >= 0.6 is 0 Å². The summed E-state index contributed by atoms with van der Waals surface area (Å²) in [6.45, 7) is 2.78. The molecule has 1 aromatic rings. The minimum Gasteiger partial charge on any atom is -0.497 e. The molecule has 0 atom stereocenters. The fraction of sp³-hybridized carbons (Fsp3) is 0.333. The van der Waals surface area contributed by atoms with Crippen molar-refractivity contribution in [3.63, 3.8) is 0 Å². The molecular formula is C12H17NO. The molecule has 2 nitrogen and oxygen atoms in total. The van der Waals surface area contributed by atoms with Gasteiger partial charge >= 0.3 is 0 Å². The lowest BCUT2D eigenvalue weighted by molar-refractivity contribution is 0.414. The number of rotatable bonds is 4. The second kappa shape index (κ2) is 5.45. The van der Waals surface area contributed by atoms with Crippen molar-refractivity contribution in [2.24, 2.45) is 5.73 Å². The molecule has 0 aliphatic rings. The molecule has 0 heterocycles. The van der Waals surface area contributed by atoms with Crippen molar-refractivity contribution < 1.29 is 4.74 Å². The van der Waals surface area contributed by atoms with E-state index in [2.05, 4.69) is 25.1 Å². The van der Waals surface area contributed by atoms with Crippen LogP contribution in [0.4, 0.5) is 0 Å². The molecule has 14 heavy (non-hydrogen) atoms. The van der Waals surface area contributed by atoms with Crippen LogP contribution in [0.15, 0.2) is 24.3 Å². The lowest BCUT2D eigenvalue weighted by Crippen LogP contribution is -1.95. The minimum atomic E-state index is 0.694. The summed E-state index contributed by atoms with van der Waals surface area (Å²) in [5.41, 5.74) is 7.85. The van der Waals surface area contributed by atoms with Crippen LogP contribution in [0.25, 0.3) is 6.08 Å². The number of methoxy groups -OCH3 is 1. The largest absolute Gasteiger partial charge is 0.497 e. The van der Waals surface area contributed by atoms with Crippen molar-refractivity contribution in [3.05, 3.63) is 35.4 Å². The van der Waals surface area contributed by atoms with Crippen LogP contribution in [0.1, 0.15) is 17.5 Å². The molecule has 2 heteroatoms. The first kappa shape index (κ1) is 10.8. The number of hydrogen-bond donors (Lipinski definition) is 1. The first-order chi connectivity index (χ1) is 6.77. The molecule has 0 radical (unpaired) electrons. The monoisotopic (exact) mass is 191 g/mol. The molecule has 0 saturated carbocycles. The zero-order chi connectivity index (χ0) is 10.4. The third kappa shape index (κ3) is 2.89. The summed E-state index contributed by atoms with van der Waals surface area (Å²) in [5, 5.41) is 0. The van der Waals surface area contributed by atoms with Gasteiger partial charge < -0.3 is 10.5 Å². The highest BCUT2D eigenvalue weighted by atomic mass is 16.5. The number of hydrogen-bond acceptors (Lipinski definition) is 2. The van der Waals surface area contributed by atoms with Crippen molar-refractivity contribution in [3.8, 4) is 5.75 Å². The Bertz CT molecular complexity index is 318. The van der Waals surface area contributed by atoms with Crippen molar-refractivity contribution in [2.45, 2.75) is 13.3 Å². The van der Waals surface area contributed by atoms with Gasteiger partial charge in [0.15, 0.2) is 0 Å². The van der Waals surface area contributed by atoms with E-state index in [0.717, 1.165) is 12.2 Å². The average molecular weight is 191 g/mol. The summed E-state index contributed by atoms with van der Waals surface area (Å²) in [7, 11) is 1.68. The van der Waals surface area contributed by atoms with Gasteiger partial charge in [-0.1, -0.05) is 18.2 Å². The predicted molar refractivity (Wildman–Crippen MR) is 60.4 cm³/mol. The maximum atomic E-state index is 5.41. The Kier molecular flexibility index (Phi) is 4.20. The Labute approximate surface area is 85.4 Å². The fourth-order valence-electron chi connectivity index (χ4n) is 1.23. The fourth-order valence-corrected chi connectivity index (χ4v) is 1.23. The van der Waals surface area contributed by atoms with Gasteiger partial charge in [0, 0.05) is 0 Å². The van der Waals surface area contributed by atoms with Crippen LogP contribution in [0.2, 0.25) is 0 Å². The summed E-state index contributed by atoms with van der Waals surface area (Å²) in [4.78, 5) is 0. The third-order valence-electron chi connectivity index (χ3n) is 2.12. The van der Waals surface area contributed by atoms with Gasteiger partial charge in [-0.3, -0.25) is 0 Å². The van der Waals surface area contributed by atoms with Crippen molar-refractivity contribution in [2.75, 3.05) is 13.7 Å². The Morgan fingerprint density at radius 2 is 2.21 bits per heavy atom. The molecule has 0 fully saturated rings. The Morgan fingerprint density at radius 3 is 2.86 bits per heavy atom. The highest BCUT2D eigenvalue weighted by Gasteiger charge is 1.96. The van der Waals surface area contributed by atoms with Crippen molar-refractivity contribution in [1.82, 2.24) is 0 Å². The zero-order valence-corrected chi connectivity index (χ0v) is 8.79. The van der Waals surface area contributed by atoms with Gasteiger partial charge in [-0.05, 0) is 43.1 Å². The number of benzene rings is 1. The third-order valence-corrected chi connectivity index (χ3v) is 2.12. The maximum absolute atomic E-state index is 5.41. The van der Waals surface area contributed by atoms with E-state index in [9.17, 15) is 0 Å². The van der Waals surface area contributed by atoms with Gasteiger partial charge in [0.05, 0.1) is 7.11 Å². The summed E-state index contributed by atoms with van der Waals surface area (Å²) in [6, 6.07) is 6.05. The highest BCUT2D eigenvalue weighted by Crippen LogP contribution is 2.18. The molecule has 0 amide bonds. The molecule has 0 saturated heterocycles. The second-order valence-corrected chi connectivity index (χ2v) is 3.20. The second-order valence-electron chi connectivity index (χ2n) is 3.20. The van der Waals surface area contributed by atoms with E-state index in [-0.39, 0.29) is 0 Å². The molecule has 0 aliphatic heterocycles. The zero-order valence-electron chi connectivity index (χ0n) is 8.79. The van der Waals surface area contributed by atoms with Gasteiger partial charge in [0.25, 0.3) is 0 Å². The molecule has 0 spiro atoms. The SMILES string of the molecule is COc1ccc(C)c(C=CCCN)c1. The number of aryl methyl sites for hydroxylation is 1. The lowest BCUT2D eigenvalue weighted by atomic mass is 10.1. The van der Waals surface area contributed by atoms with Gasteiger partial charge in [-0.2, -0.15) is 0 Å². The van der Waals surface area contributed by atoms with Crippen LogP contribution in [0, 0.1) is 6.92 Å². The van der Waals surface area contributed by atoms with E-state index in [1.165, 1.54) is 11.1 Å². The van der Waals surface area contributed by atoms with E-state index in [0.29, 0.717) is 6.54 Å². The Morgan fingerprint density at radius 1 is 1.43 bits per heavy atom. The number of ether oxygens (including phenoxy) is 1. The van der Waals surface area contributed by atoms with Crippen LogP contribution in [0.5, 0.6) is 5.75 Å². The molecule has 1 aromatic carbocycles. The van der Waals surface area contributed by atoms with E-state index >= 15 is 0 Å². The van der Waals surface area contributed by atoms with Crippen molar-refractivity contribution >= 4 is 6.08 Å². The Hall–Kier alpha value is -1.28. The van der Waals surface area contributed by atoms with E-state index in [1.807, 2.05) is 12.1 Å². The van der Waals surface area contributed by atoms with E-state index in [1.54, 1.807) is 7.11 Å². The summed E-state index contributed by atoms with van der Waals surface area (Å²) in [5.74, 6) is 0.892. The van der Waals surface area contributed by atoms with Gasteiger partial charge in [-0.25, -0.2) is 0 Å². The highest BCUT2D eigenvalue weighted by molar-refractivity contribution is 5.55. The quantitative estimate of drug-likeness (QED) is 0.793. The van der Waals surface area contributed by atoms with Crippen molar-refractivity contribution in [1.29, 1.82) is 0 Å². The smallest absolute Gasteiger partial charge is 0.119 e. The molecule has 0 unspecified atom stereocenters. The molecular weight excluding hydrogens is 174 g/mol. The summed E-state index contributed by atoms with van der Waals surface area (Å²) >= 11 is 0. The molecule has 76 valence electrons. The Balaban J connectivity index is 2.83. The van der Waals surface area contributed by atoms with Gasteiger partial charge in [0.2, 0.25) is 0 Å². The minimum absolute atomic E-state index is 0.694. The first-order valence-corrected chi connectivity index (χ1v) is 4.79. The summed E-state index contributed by atoms with van der Waals surface area (Å²) in [6.07, 6.45) is 5.09. The lowest BCUT2D eigenvalue weighted by Gasteiger charge is -2.04. The van der Waals surface area contributed by atoms with Gasteiger partial charge in [0.1, 0.15) is 5.75 Å². The maximum Gasteiger partial charge on any atom is 0.119 e.